The van der Waals surface area contributed by atoms with E-state index in [1.807, 2.05) is 6.07 Å². The number of anilines is 1. The summed E-state index contributed by atoms with van der Waals surface area (Å²) in [7, 11) is 0. The molecule has 2 aromatic carbocycles. The van der Waals surface area contributed by atoms with Crippen LogP contribution in [0.1, 0.15) is 11.1 Å². The van der Waals surface area contributed by atoms with Gasteiger partial charge in [0.1, 0.15) is 5.82 Å². The molecule has 6 heteroatoms. The Morgan fingerprint density at radius 2 is 2.10 bits per heavy atom. The molecular formula is C15H10FN3O2. The Morgan fingerprint density at radius 3 is 2.81 bits per heavy atom. The second-order valence-electron chi connectivity index (χ2n) is 4.60. The van der Waals surface area contributed by atoms with Crippen molar-refractivity contribution in [1.82, 2.24) is 4.57 Å². The molecule has 0 aliphatic rings. The molecule has 104 valence electrons. The highest BCUT2D eigenvalue weighted by atomic mass is 19.1. The van der Waals surface area contributed by atoms with Gasteiger partial charge < -0.3 is 10.2 Å². The molecule has 1 aromatic heterocycles. The zero-order valence-electron chi connectivity index (χ0n) is 10.8. The van der Waals surface area contributed by atoms with E-state index in [0.717, 1.165) is 6.07 Å². The third-order valence-corrected chi connectivity index (χ3v) is 3.20. The lowest BCUT2D eigenvalue weighted by Crippen LogP contribution is -2.15. The van der Waals surface area contributed by atoms with Crippen LogP contribution in [-0.4, -0.2) is 4.57 Å². The fourth-order valence-electron chi connectivity index (χ4n) is 2.14. The summed E-state index contributed by atoms with van der Waals surface area (Å²) in [6.07, 6.45) is 0. The molecule has 0 aliphatic carbocycles. The van der Waals surface area contributed by atoms with E-state index in [1.54, 1.807) is 18.2 Å². The quantitative estimate of drug-likeness (QED) is 0.731. The normalized spacial score (nSPS) is 10.7. The van der Waals surface area contributed by atoms with Crippen LogP contribution in [0.15, 0.2) is 45.6 Å². The van der Waals surface area contributed by atoms with Gasteiger partial charge in [-0.1, -0.05) is 6.07 Å². The molecule has 0 radical (unpaired) electrons. The van der Waals surface area contributed by atoms with Gasteiger partial charge in [0.2, 0.25) is 0 Å². The molecule has 0 fully saturated rings. The first kappa shape index (κ1) is 12.9. The van der Waals surface area contributed by atoms with E-state index in [0.29, 0.717) is 22.4 Å². The predicted molar refractivity (Wildman–Crippen MR) is 75.1 cm³/mol. The Balaban J connectivity index is 2.10. The van der Waals surface area contributed by atoms with E-state index in [1.165, 1.54) is 16.7 Å². The van der Waals surface area contributed by atoms with E-state index in [4.69, 9.17) is 15.4 Å². The van der Waals surface area contributed by atoms with Gasteiger partial charge >= 0.3 is 5.76 Å². The van der Waals surface area contributed by atoms with Gasteiger partial charge in [-0.2, -0.15) is 5.26 Å². The third kappa shape index (κ3) is 2.25. The lowest BCUT2D eigenvalue weighted by molar-refractivity contribution is 0.512. The van der Waals surface area contributed by atoms with Crippen molar-refractivity contribution in [3.8, 4) is 6.07 Å². The van der Waals surface area contributed by atoms with E-state index < -0.39 is 11.6 Å². The minimum absolute atomic E-state index is 0.00677. The van der Waals surface area contributed by atoms with E-state index in [-0.39, 0.29) is 12.1 Å². The Hall–Kier alpha value is -3.07. The zero-order valence-corrected chi connectivity index (χ0v) is 10.8. The summed E-state index contributed by atoms with van der Waals surface area (Å²) in [5, 5.41) is 8.72. The highest BCUT2D eigenvalue weighted by Gasteiger charge is 2.12. The van der Waals surface area contributed by atoms with Crippen LogP contribution in [0.5, 0.6) is 0 Å². The Labute approximate surface area is 118 Å². The molecule has 0 unspecified atom stereocenters. The van der Waals surface area contributed by atoms with Gasteiger partial charge in [-0.25, -0.2) is 9.18 Å². The molecule has 0 amide bonds. The summed E-state index contributed by atoms with van der Waals surface area (Å²) in [5.74, 6) is -1.13. The lowest BCUT2D eigenvalue weighted by Gasteiger charge is -2.05. The standard InChI is InChI=1S/C15H10FN3O2/c16-12-5-9(7-17)1-2-10(12)8-19-13-6-11(18)3-4-14(13)21-15(19)20/h1-6H,8,18H2. The molecule has 0 saturated heterocycles. The van der Waals surface area contributed by atoms with Crippen molar-refractivity contribution in [3.05, 3.63) is 63.9 Å². The number of fused-ring (bicyclic) bond motifs is 1. The maximum Gasteiger partial charge on any atom is 0.420 e. The van der Waals surface area contributed by atoms with Crippen LogP contribution in [0.3, 0.4) is 0 Å². The van der Waals surface area contributed by atoms with Crippen molar-refractivity contribution < 1.29 is 8.81 Å². The molecule has 0 atom stereocenters. The summed E-state index contributed by atoms with van der Waals surface area (Å²) in [4.78, 5) is 11.9. The number of nitrogen functional groups attached to an aromatic ring is 1. The number of hydrogen-bond donors (Lipinski definition) is 1. The smallest absolute Gasteiger partial charge is 0.408 e. The molecule has 3 rings (SSSR count). The van der Waals surface area contributed by atoms with Crippen LogP contribution < -0.4 is 11.5 Å². The summed E-state index contributed by atoms with van der Waals surface area (Å²) in [6.45, 7) is 0.00677. The highest BCUT2D eigenvalue weighted by molar-refractivity contribution is 5.77. The molecule has 2 N–H and O–H groups in total. The number of halogens is 1. The first-order valence-corrected chi connectivity index (χ1v) is 6.16. The van der Waals surface area contributed by atoms with E-state index >= 15 is 0 Å². The van der Waals surface area contributed by atoms with Gasteiger partial charge in [-0.3, -0.25) is 4.57 Å². The first-order valence-electron chi connectivity index (χ1n) is 6.16. The number of nitrogens with two attached hydrogens (primary N) is 1. The van der Waals surface area contributed by atoms with Gasteiger partial charge in [-0.15, -0.1) is 0 Å². The molecule has 0 bridgehead atoms. The van der Waals surface area contributed by atoms with Gasteiger partial charge in [0, 0.05) is 11.3 Å². The van der Waals surface area contributed by atoms with E-state index in [2.05, 4.69) is 0 Å². The second-order valence-corrected chi connectivity index (χ2v) is 4.60. The number of aromatic nitrogens is 1. The molecule has 3 aromatic rings. The SMILES string of the molecule is N#Cc1ccc(Cn2c(=O)oc3ccc(N)cc32)c(F)c1. The van der Waals surface area contributed by atoms with Gasteiger partial charge in [0.25, 0.3) is 0 Å². The fraction of sp³-hybridized carbons (Fsp3) is 0.0667. The summed E-state index contributed by atoms with van der Waals surface area (Å²) in [6, 6.07) is 10.8. The van der Waals surface area contributed by atoms with Crippen molar-refractivity contribution in [3.63, 3.8) is 0 Å². The summed E-state index contributed by atoms with van der Waals surface area (Å²) >= 11 is 0. The Bertz CT molecular complexity index is 934. The third-order valence-electron chi connectivity index (χ3n) is 3.20. The topological polar surface area (TPSA) is 85.0 Å². The average Bonchev–Trinajstić information content (AvgIpc) is 2.77. The fourth-order valence-corrected chi connectivity index (χ4v) is 2.14. The maximum absolute atomic E-state index is 13.9. The van der Waals surface area contributed by atoms with Crippen LogP contribution in [0, 0.1) is 17.1 Å². The lowest BCUT2D eigenvalue weighted by atomic mass is 10.1. The number of nitrogens with zero attached hydrogens (tertiary/aromatic N) is 2. The molecule has 21 heavy (non-hydrogen) atoms. The largest absolute Gasteiger partial charge is 0.420 e. The Kier molecular flexibility index (Phi) is 2.95. The molecule has 0 saturated carbocycles. The van der Waals surface area contributed by atoms with Crippen LogP contribution in [0.25, 0.3) is 11.1 Å². The Morgan fingerprint density at radius 1 is 1.29 bits per heavy atom. The highest BCUT2D eigenvalue weighted by Crippen LogP contribution is 2.18. The van der Waals surface area contributed by atoms with Crippen LogP contribution in [0.4, 0.5) is 10.1 Å². The molecule has 1 heterocycles. The van der Waals surface area contributed by atoms with Gasteiger partial charge in [0.15, 0.2) is 5.58 Å². The van der Waals surface area contributed by atoms with Gasteiger partial charge in [-0.05, 0) is 30.3 Å². The van der Waals surface area contributed by atoms with Crippen molar-refractivity contribution >= 4 is 16.8 Å². The maximum atomic E-state index is 13.9. The van der Waals surface area contributed by atoms with Crippen LogP contribution in [0.2, 0.25) is 0 Å². The van der Waals surface area contributed by atoms with E-state index in [9.17, 15) is 9.18 Å². The van der Waals surface area contributed by atoms with Crippen molar-refractivity contribution in [2.45, 2.75) is 6.54 Å². The second kappa shape index (κ2) is 4.80. The number of benzene rings is 2. The predicted octanol–water partition coefficient (Wildman–Crippen LogP) is 2.24. The summed E-state index contributed by atoms with van der Waals surface area (Å²) < 4.78 is 20.3. The minimum atomic E-state index is -0.584. The number of rotatable bonds is 2. The van der Waals surface area contributed by atoms with Crippen molar-refractivity contribution in [2.24, 2.45) is 0 Å². The first-order chi connectivity index (χ1) is 10.1. The number of nitriles is 1. The zero-order chi connectivity index (χ0) is 15.0. The average molecular weight is 283 g/mol. The molecule has 0 spiro atoms. The minimum Gasteiger partial charge on any atom is -0.408 e. The molecule has 5 nitrogen and oxygen atoms in total. The van der Waals surface area contributed by atoms with Crippen LogP contribution >= 0.6 is 0 Å². The monoisotopic (exact) mass is 283 g/mol. The molecular weight excluding hydrogens is 273 g/mol. The van der Waals surface area contributed by atoms with Crippen LogP contribution in [-0.2, 0) is 6.54 Å². The summed E-state index contributed by atoms with van der Waals surface area (Å²) in [5.41, 5.74) is 7.59. The number of hydrogen-bond acceptors (Lipinski definition) is 4. The van der Waals surface area contributed by atoms with Gasteiger partial charge in [0.05, 0.1) is 23.7 Å². The van der Waals surface area contributed by atoms with Crippen molar-refractivity contribution in [2.75, 3.05) is 5.73 Å². The van der Waals surface area contributed by atoms with Crippen molar-refractivity contribution in [1.29, 1.82) is 5.26 Å². The molecule has 0 aliphatic heterocycles. The number of oxazole rings is 1.